The van der Waals surface area contributed by atoms with E-state index in [4.69, 9.17) is 80.1 Å². The van der Waals surface area contributed by atoms with Gasteiger partial charge in [-0.05, 0) is 97.7 Å². The molecule has 0 aliphatic rings. The van der Waals surface area contributed by atoms with Gasteiger partial charge in [0, 0.05) is 70.2 Å². The Morgan fingerprint density at radius 2 is 1.42 bits per heavy atom. The second kappa shape index (κ2) is 41.7. The minimum absolute atomic E-state index is 0. The number of aliphatic imine (C=N–C) groups is 1. The van der Waals surface area contributed by atoms with E-state index in [1.165, 1.54) is 17.5 Å². The SMILES string of the molecule is Cc1cncc(CC(N)=S)c1.Cc1cncc(N)c1.Cc1cncc(N=C=S)c1.FC(F)(F)c1cncc(Nc2nc(-c3cccc(Cl)c3)cs2)c1.N.O.O=C(CBr)c1cccc(Cl)c1.O=CO[O-].S=C(Cl)Cl.[Na+]. The first-order valence-corrected chi connectivity index (χ1v) is 24.1. The first-order chi connectivity index (χ1) is 33.6. The number of carbonyl (C=O) groups is 2. The summed E-state index contributed by atoms with van der Waals surface area (Å²) in [6, 6.07) is 20.9. The van der Waals surface area contributed by atoms with Gasteiger partial charge in [0.1, 0.15) is 0 Å². The van der Waals surface area contributed by atoms with Crippen LogP contribution in [0.1, 0.15) is 38.2 Å². The number of ketones is 1. The molecule has 0 aliphatic heterocycles. The van der Waals surface area contributed by atoms with Gasteiger partial charge in [0.15, 0.2) is 14.7 Å². The molecule has 0 bridgehead atoms. The van der Waals surface area contributed by atoms with Crippen molar-refractivity contribution in [2.24, 2.45) is 10.7 Å². The molecule has 0 amide bonds. The number of benzene rings is 2. The second-order valence-electron chi connectivity index (χ2n) is 13.4. The van der Waals surface area contributed by atoms with Crippen molar-refractivity contribution in [2.45, 2.75) is 33.4 Å². The maximum atomic E-state index is 12.7. The van der Waals surface area contributed by atoms with E-state index in [1.807, 2.05) is 51.2 Å². The fraction of sp³-hybridized carbons (Fsp3) is 0.130. The number of thiazole rings is 1. The molecule has 0 saturated heterocycles. The third-order valence-corrected chi connectivity index (χ3v) is 9.46. The molecule has 10 N–H and O–H groups in total. The maximum Gasteiger partial charge on any atom is 1.00 e. The van der Waals surface area contributed by atoms with Crippen LogP contribution in [0.25, 0.3) is 11.3 Å². The number of aromatic nitrogens is 5. The van der Waals surface area contributed by atoms with E-state index in [2.05, 4.69) is 85.6 Å². The molecule has 390 valence electrons. The molecule has 5 aromatic heterocycles. The average molecular weight is 1250 g/mol. The zero-order valence-corrected chi connectivity index (χ0v) is 49.3. The Hall–Kier alpha value is -4.50. The van der Waals surface area contributed by atoms with Crippen LogP contribution in [-0.4, -0.2) is 61.9 Å². The Labute approximate surface area is 496 Å². The number of anilines is 3. The normalized spacial score (nSPS) is 9.19. The van der Waals surface area contributed by atoms with Gasteiger partial charge in [0.25, 0.3) is 6.47 Å². The topological polar surface area (TPSA) is 274 Å². The number of aryl methyl sites for hydroxylation is 3. The largest absolute Gasteiger partial charge is 1.00 e. The molecular formula is C46H45BrCl4F3N10NaO5S4. The fourth-order valence-electron chi connectivity index (χ4n) is 4.78. The molecule has 0 spiro atoms. The standard InChI is InChI=1S/C15H9ClF3N3S.C8H6BrClO.C8H10N2S.C7H6N2S.C6H8N2.CCl2S.CH2O3.H3N.Na.H2O/c16-11-3-1-2-9(4-11)13-8-23-14(22-13)21-12-5-10(6-20-7-12)15(17,18)19;9-5-8(11)6-2-1-3-7(10)4-6;1-6-2-7(3-8(9)11)5-10-4-6;1-6-2-7(9-5-10)4-8-3-6;1-5-2-6(7)4-8-3-5;2-1(3)4;2-1-4-3;;;/h1-8H,(H,21,22);1-4H,5H2;2,4-5H,3H2,1H3,(H2,9,11);2-4H,1H3;2-4H,7H2,1H3;;1,3H;1H3;;1H2/q;;;;;;;;+1;/p-1. The van der Waals surface area contributed by atoms with Crippen molar-refractivity contribution in [2.75, 3.05) is 16.4 Å². The van der Waals surface area contributed by atoms with Gasteiger partial charge in [-0.3, -0.25) is 29.5 Å². The summed E-state index contributed by atoms with van der Waals surface area (Å²) in [6.45, 7) is 5.73. The number of halogens is 8. The molecular weight excluding hydrogens is 1200 g/mol. The summed E-state index contributed by atoms with van der Waals surface area (Å²) < 4.78 is 38.0. The average Bonchev–Trinajstić information content (AvgIpc) is 3.78. The summed E-state index contributed by atoms with van der Waals surface area (Å²) in [6.07, 6.45) is 8.72. The van der Waals surface area contributed by atoms with Gasteiger partial charge >= 0.3 is 35.7 Å². The number of pyridine rings is 4. The van der Waals surface area contributed by atoms with Crippen LogP contribution < -0.4 is 57.7 Å². The number of alkyl halides is 4. The van der Waals surface area contributed by atoms with Crippen molar-refractivity contribution >= 4 is 159 Å². The summed E-state index contributed by atoms with van der Waals surface area (Å²) in [7, 11) is 0. The van der Waals surface area contributed by atoms with E-state index in [1.54, 1.807) is 78.8 Å². The van der Waals surface area contributed by atoms with Gasteiger partial charge in [-0.2, -0.15) is 18.2 Å². The van der Waals surface area contributed by atoms with E-state index < -0.39 is 11.7 Å². The smallest absolute Gasteiger partial charge is 0.662 e. The Morgan fingerprint density at radius 1 is 0.878 bits per heavy atom. The predicted molar refractivity (Wildman–Crippen MR) is 301 cm³/mol. The summed E-state index contributed by atoms with van der Waals surface area (Å²) in [4.78, 5) is 46.3. The van der Waals surface area contributed by atoms with Gasteiger partial charge in [-0.1, -0.05) is 117 Å². The molecule has 2 aromatic carbocycles. The zero-order chi connectivity index (χ0) is 53.4. The van der Waals surface area contributed by atoms with Gasteiger partial charge in [-0.25, -0.2) is 4.98 Å². The molecule has 0 fully saturated rings. The number of rotatable bonds is 9. The minimum atomic E-state index is -4.43. The first kappa shape index (κ1) is 73.7. The molecule has 0 atom stereocenters. The molecule has 7 aromatic rings. The summed E-state index contributed by atoms with van der Waals surface area (Å²) in [5.41, 5.74) is 18.3. The minimum Gasteiger partial charge on any atom is -0.662 e. The molecule has 0 aliphatic carbocycles. The predicted octanol–water partition coefficient (Wildman–Crippen LogP) is 9.38. The first-order valence-electron chi connectivity index (χ1n) is 19.4. The van der Waals surface area contributed by atoms with Crippen molar-refractivity contribution in [3.05, 3.63) is 171 Å². The van der Waals surface area contributed by atoms with E-state index >= 15 is 0 Å². The van der Waals surface area contributed by atoms with Gasteiger partial charge in [-0.15, -0.1) is 11.3 Å². The molecule has 0 saturated carbocycles. The molecule has 28 heteroatoms. The number of nitrogens with zero attached hydrogens (tertiary/aromatic N) is 6. The molecule has 0 radical (unpaired) electrons. The van der Waals surface area contributed by atoms with Crippen molar-refractivity contribution in [3.8, 4) is 11.3 Å². The van der Waals surface area contributed by atoms with Crippen molar-refractivity contribution in [1.82, 2.24) is 31.1 Å². The Balaban J connectivity index is -0.000000854. The van der Waals surface area contributed by atoms with Gasteiger partial charge in [0.2, 0.25) is 0 Å². The number of hydrogen-bond donors (Lipinski definition) is 4. The molecule has 15 nitrogen and oxygen atoms in total. The van der Waals surface area contributed by atoms with E-state index in [0.717, 1.165) is 51.5 Å². The molecule has 0 unspecified atom stereocenters. The van der Waals surface area contributed by atoms with Crippen molar-refractivity contribution in [3.63, 3.8) is 0 Å². The number of nitrogens with one attached hydrogen (secondary N) is 1. The monoisotopic (exact) mass is 1240 g/mol. The van der Waals surface area contributed by atoms with Gasteiger partial charge in [0.05, 0.1) is 56.2 Å². The van der Waals surface area contributed by atoms with Crippen molar-refractivity contribution in [1.29, 1.82) is 0 Å². The fourth-order valence-corrected chi connectivity index (χ4v) is 6.50. The number of nitrogen functional groups attached to an aromatic ring is 1. The molecule has 74 heavy (non-hydrogen) atoms. The third-order valence-electron chi connectivity index (χ3n) is 7.49. The second-order valence-corrected chi connectivity index (χ2v) is 18.2. The zero-order valence-electron chi connectivity index (χ0n) is 39.5. The number of nitrogens with two attached hydrogens (primary N) is 2. The Kier molecular flexibility index (Phi) is 41.6. The Morgan fingerprint density at radius 3 is 1.89 bits per heavy atom. The van der Waals surface area contributed by atoms with E-state index in [0.29, 0.717) is 43.2 Å². The summed E-state index contributed by atoms with van der Waals surface area (Å²) in [5.74, 6) is 0.0486. The van der Waals surface area contributed by atoms with Crippen molar-refractivity contribution < 1.29 is 67.9 Å². The van der Waals surface area contributed by atoms with Crippen LogP contribution in [0.5, 0.6) is 0 Å². The van der Waals surface area contributed by atoms with E-state index in [-0.39, 0.29) is 62.9 Å². The van der Waals surface area contributed by atoms with Gasteiger partial charge < -0.3 is 38.6 Å². The van der Waals surface area contributed by atoms with Crippen LogP contribution in [0.4, 0.5) is 35.4 Å². The number of isothiocyanates is 1. The quantitative estimate of drug-likeness (QED) is 0.0121. The van der Waals surface area contributed by atoms with Crippen LogP contribution in [0.2, 0.25) is 10.0 Å². The molecule has 7 rings (SSSR count). The summed E-state index contributed by atoms with van der Waals surface area (Å²) >= 11 is 38.8. The van der Waals surface area contributed by atoms with Crippen LogP contribution in [0.15, 0.2) is 133 Å². The number of hydrogen-bond acceptors (Lipinski definition) is 17. The number of carbonyl (C=O) groups excluding carboxylic acids is 2. The number of thiocarbonyl (C=S) groups is 3. The van der Waals surface area contributed by atoms with Crippen LogP contribution in [0.3, 0.4) is 0 Å². The maximum absolute atomic E-state index is 12.7. The summed E-state index contributed by atoms with van der Waals surface area (Å²) in [5, 5.41) is 17.3. The van der Waals surface area contributed by atoms with Crippen LogP contribution in [0, 0.1) is 20.8 Å². The Bertz CT molecular complexity index is 2830. The number of Topliss-reactive ketones (excluding diaryl/α,β-unsaturated/α-hetero) is 1. The molecule has 5 heterocycles. The van der Waals surface area contributed by atoms with E-state index in [9.17, 15) is 18.0 Å². The van der Waals surface area contributed by atoms with Crippen LogP contribution >= 0.6 is 110 Å². The third kappa shape index (κ3) is 34.9. The van der Waals surface area contributed by atoms with Crippen LogP contribution in [-0.2, 0) is 22.3 Å².